The van der Waals surface area contributed by atoms with Gasteiger partial charge in [-0.25, -0.2) is 0 Å². The summed E-state index contributed by atoms with van der Waals surface area (Å²) in [5.41, 5.74) is 1.06. The van der Waals surface area contributed by atoms with Crippen molar-refractivity contribution in [2.75, 3.05) is 0 Å². The number of rotatable bonds is 1. The number of carbonyl (C=O) groups excluding carboxylic acids is 1. The van der Waals surface area contributed by atoms with Crippen LogP contribution in [0.1, 0.15) is 32.6 Å². The van der Waals surface area contributed by atoms with Crippen molar-refractivity contribution in [1.29, 1.82) is 0 Å². The number of hydroxylamine groups is 1. The number of nitrogens with one attached hydrogen (secondary N) is 1. The molecule has 0 aromatic rings. The summed E-state index contributed by atoms with van der Waals surface area (Å²) in [5.74, 6) is 0.0637. The molecular formula is C7H12NO2-. The van der Waals surface area contributed by atoms with Gasteiger partial charge < -0.3 is 10.7 Å². The molecule has 1 atom stereocenters. The predicted molar refractivity (Wildman–Crippen MR) is 38.4 cm³/mol. The lowest BCUT2D eigenvalue weighted by atomic mass is 9.83. The van der Waals surface area contributed by atoms with E-state index in [1.165, 1.54) is 0 Å². The SMILES string of the molecule is CC1(N[O-])CCCCC1=O. The summed E-state index contributed by atoms with van der Waals surface area (Å²) in [4.78, 5) is 11.1. The first-order chi connectivity index (χ1) is 4.69. The molecular weight excluding hydrogens is 130 g/mol. The molecule has 1 N–H and O–H groups in total. The van der Waals surface area contributed by atoms with Gasteiger partial charge in [-0.15, -0.1) is 0 Å². The van der Waals surface area contributed by atoms with Crippen LogP contribution in [-0.2, 0) is 4.79 Å². The summed E-state index contributed by atoms with van der Waals surface area (Å²) < 4.78 is 0. The Kier molecular flexibility index (Phi) is 2.06. The number of hydrogen-bond donors (Lipinski definition) is 1. The lowest BCUT2D eigenvalue weighted by Crippen LogP contribution is -2.48. The summed E-state index contributed by atoms with van der Waals surface area (Å²) in [6.07, 6.45) is 3.18. The van der Waals surface area contributed by atoms with Crippen LogP contribution < -0.4 is 5.48 Å². The third-order valence-corrected chi connectivity index (χ3v) is 2.17. The molecule has 1 fully saturated rings. The van der Waals surface area contributed by atoms with Gasteiger partial charge in [0.1, 0.15) is 0 Å². The molecule has 0 aliphatic heterocycles. The van der Waals surface area contributed by atoms with E-state index in [9.17, 15) is 10.0 Å². The van der Waals surface area contributed by atoms with Gasteiger partial charge in [0, 0.05) is 6.42 Å². The summed E-state index contributed by atoms with van der Waals surface area (Å²) in [5, 5.41) is 10.3. The monoisotopic (exact) mass is 142 g/mol. The summed E-state index contributed by atoms with van der Waals surface area (Å²) in [6, 6.07) is 0. The molecule has 10 heavy (non-hydrogen) atoms. The van der Waals surface area contributed by atoms with Crippen LogP contribution in [0.4, 0.5) is 0 Å². The van der Waals surface area contributed by atoms with Crippen molar-refractivity contribution in [3.8, 4) is 0 Å². The Bertz CT molecular complexity index is 147. The van der Waals surface area contributed by atoms with Gasteiger partial charge >= 0.3 is 0 Å². The molecule has 1 unspecified atom stereocenters. The van der Waals surface area contributed by atoms with Crippen molar-refractivity contribution in [3.05, 3.63) is 5.21 Å². The van der Waals surface area contributed by atoms with Crippen LogP contribution in [0, 0.1) is 5.21 Å². The molecule has 1 aliphatic carbocycles. The Labute approximate surface area is 60.4 Å². The highest BCUT2D eigenvalue weighted by Crippen LogP contribution is 2.23. The highest BCUT2D eigenvalue weighted by Gasteiger charge is 2.31. The average Bonchev–Trinajstić information content (AvgIpc) is 1.96. The Morgan fingerprint density at radius 3 is 2.70 bits per heavy atom. The van der Waals surface area contributed by atoms with Crippen molar-refractivity contribution in [1.82, 2.24) is 5.48 Å². The topological polar surface area (TPSA) is 52.2 Å². The molecule has 1 aliphatic rings. The van der Waals surface area contributed by atoms with Crippen LogP contribution in [0.2, 0.25) is 0 Å². The predicted octanol–water partition coefficient (Wildman–Crippen LogP) is 0.976. The zero-order valence-corrected chi connectivity index (χ0v) is 6.14. The molecule has 1 saturated carbocycles. The van der Waals surface area contributed by atoms with Gasteiger partial charge in [0.05, 0.1) is 5.54 Å². The molecule has 0 amide bonds. The number of hydrogen-bond acceptors (Lipinski definition) is 3. The number of carbonyl (C=O) groups is 1. The van der Waals surface area contributed by atoms with Crippen molar-refractivity contribution >= 4 is 5.78 Å². The van der Waals surface area contributed by atoms with E-state index in [0.717, 1.165) is 12.8 Å². The van der Waals surface area contributed by atoms with Gasteiger partial charge in [-0.05, 0) is 19.8 Å². The van der Waals surface area contributed by atoms with Crippen LogP contribution >= 0.6 is 0 Å². The summed E-state index contributed by atoms with van der Waals surface area (Å²) in [6.45, 7) is 1.68. The first kappa shape index (κ1) is 7.69. The number of ketones is 1. The van der Waals surface area contributed by atoms with Crippen LogP contribution in [0.15, 0.2) is 0 Å². The fourth-order valence-corrected chi connectivity index (χ4v) is 1.29. The second-order valence-corrected chi connectivity index (χ2v) is 3.06. The van der Waals surface area contributed by atoms with Crippen LogP contribution in [0.3, 0.4) is 0 Å². The molecule has 3 heteroatoms. The second kappa shape index (κ2) is 2.68. The Morgan fingerprint density at radius 2 is 2.30 bits per heavy atom. The van der Waals surface area contributed by atoms with E-state index < -0.39 is 5.54 Å². The average molecular weight is 142 g/mol. The highest BCUT2D eigenvalue weighted by molar-refractivity contribution is 5.88. The number of Topliss-reactive ketones (excluding diaryl/α,β-unsaturated/α-hetero) is 1. The van der Waals surface area contributed by atoms with Crippen LogP contribution in [-0.4, -0.2) is 11.3 Å². The molecule has 0 aromatic carbocycles. The van der Waals surface area contributed by atoms with Crippen molar-refractivity contribution in [3.63, 3.8) is 0 Å². The van der Waals surface area contributed by atoms with Crippen molar-refractivity contribution in [2.24, 2.45) is 0 Å². The fraction of sp³-hybridized carbons (Fsp3) is 0.857. The molecule has 3 nitrogen and oxygen atoms in total. The normalized spacial score (nSPS) is 34.4. The zero-order valence-electron chi connectivity index (χ0n) is 6.14. The lowest BCUT2D eigenvalue weighted by molar-refractivity contribution is -0.126. The lowest BCUT2D eigenvalue weighted by Gasteiger charge is -2.36. The van der Waals surface area contributed by atoms with Gasteiger partial charge in [0.2, 0.25) is 0 Å². The van der Waals surface area contributed by atoms with Gasteiger partial charge in [0.15, 0.2) is 5.78 Å². The standard InChI is InChI=1S/C7H12NO2/c1-7(8-10)5-3-2-4-6(7)9/h8H,2-5H2,1H3/q-1. The highest BCUT2D eigenvalue weighted by atomic mass is 16.5. The molecule has 0 radical (unpaired) electrons. The molecule has 1 rings (SSSR count). The maximum absolute atomic E-state index is 11.1. The van der Waals surface area contributed by atoms with Gasteiger partial charge in [-0.2, -0.15) is 0 Å². The minimum absolute atomic E-state index is 0.0637. The summed E-state index contributed by atoms with van der Waals surface area (Å²) in [7, 11) is 0. The smallest absolute Gasteiger partial charge is 0.151 e. The van der Waals surface area contributed by atoms with Gasteiger partial charge in [0.25, 0.3) is 0 Å². The van der Waals surface area contributed by atoms with E-state index in [1.807, 2.05) is 5.48 Å². The maximum atomic E-state index is 11.1. The Hall–Kier alpha value is -0.410. The first-order valence-corrected chi connectivity index (χ1v) is 3.62. The Morgan fingerprint density at radius 1 is 1.60 bits per heavy atom. The molecule has 0 spiro atoms. The third-order valence-electron chi connectivity index (χ3n) is 2.17. The fourth-order valence-electron chi connectivity index (χ4n) is 1.29. The van der Waals surface area contributed by atoms with E-state index in [1.54, 1.807) is 6.92 Å². The van der Waals surface area contributed by atoms with E-state index in [4.69, 9.17) is 0 Å². The maximum Gasteiger partial charge on any atom is 0.151 e. The summed E-state index contributed by atoms with van der Waals surface area (Å²) >= 11 is 0. The van der Waals surface area contributed by atoms with Crippen LogP contribution in [0.5, 0.6) is 0 Å². The van der Waals surface area contributed by atoms with Crippen LogP contribution in [0.25, 0.3) is 0 Å². The van der Waals surface area contributed by atoms with Crippen molar-refractivity contribution < 1.29 is 4.79 Å². The zero-order chi connectivity index (χ0) is 7.61. The van der Waals surface area contributed by atoms with Gasteiger partial charge in [-0.1, -0.05) is 6.42 Å². The van der Waals surface area contributed by atoms with Crippen molar-refractivity contribution in [2.45, 2.75) is 38.1 Å². The molecule has 0 bridgehead atoms. The minimum Gasteiger partial charge on any atom is -0.787 e. The second-order valence-electron chi connectivity index (χ2n) is 3.06. The minimum atomic E-state index is -0.766. The van der Waals surface area contributed by atoms with E-state index >= 15 is 0 Å². The Balaban J connectivity index is 2.63. The molecule has 0 saturated heterocycles. The molecule has 0 heterocycles. The molecule has 58 valence electrons. The largest absolute Gasteiger partial charge is 0.787 e. The van der Waals surface area contributed by atoms with E-state index in [0.29, 0.717) is 12.8 Å². The first-order valence-electron chi connectivity index (χ1n) is 3.62. The third kappa shape index (κ3) is 1.20. The van der Waals surface area contributed by atoms with E-state index in [2.05, 4.69) is 0 Å². The van der Waals surface area contributed by atoms with Gasteiger partial charge in [-0.3, -0.25) is 4.79 Å². The van der Waals surface area contributed by atoms with E-state index in [-0.39, 0.29) is 5.78 Å². The quantitative estimate of drug-likeness (QED) is 0.555. The molecule has 0 aromatic heterocycles.